The monoisotopic (exact) mass is 758 g/mol. The fourth-order valence-electron chi connectivity index (χ4n) is 8.63. The highest BCUT2D eigenvalue weighted by atomic mass is 79.9. The maximum absolute atomic E-state index is 13.1. The Bertz CT molecular complexity index is 2360. The molecule has 0 spiro atoms. The Balaban J connectivity index is 1.15. The van der Waals surface area contributed by atoms with Crippen molar-refractivity contribution in [1.29, 1.82) is 0 Å². The average molecular weight is 760 g/mol. The van der Waals surface area contributed by atoms with Gasteiger partial charge in [-0.3, -0.25) is 4.90 Å². The van der Waals surface area contributed by atoms with E-state index in [9.17, 15) is 5.11 Å². The summed E-state index contributed by atoms with van der Waals surface area (Å²) in [4.78, 5) is 13.0. The van der Waals surface area contributed by atoms with Gasteiger partial charge in [-0.15, -0.1) is 0 Å². The molecule has 2 aliphatic heterocycles. The molecule has 1 aromatic heterocycles. The molecule has 3 heterocycles. The summed E-state index contributed by atoms with van der Waals surface area (Å²) in [5.74, 6) is 1.01. The molecule has 1 saturated heterocycles. The third kappa shape index (κ3) is 6.39. The molecule has 0 amide bonds. The largest absolute Gasteiger partial charge is 0.380 e. The first-order valence-electron chi connectivity index (χ1n) is 18.7. The van der Waals surface area contributed by atoms with Crippen LogP contribution >= 0.6 is 15.9 Å². The molecule has 0 radical (unpaired) electrons. The van der Waals surface area contributed by atoms with Gasteiger partial charge in [0.05, 0.1) is 11.6 Å². The van der Waals surface area contributed by atoms with E-state index in [1.54, 1.807) is 0 Å². The van der Waals surface area contributed by atoms with Gasteiger partial charge in [-0.1, -0.05) is 131 Å². The van der Waals surface area contributed by atoms with Crippen LogP contribution < -0.4 is 9.80 Å². The predicted octanol–water partition coefficient (Wildman–Crippen LogP) is 9.73. The Morgan fingerprint density at radius 3 is 2.06 bits per heavy atom. The molecule has 1 unspecified atom stereocenters. The van der Waals surface area contributed by atoms with E-state index in [2.05, 4.69) is 183 Å². The van der Waals surface area contributed by atoms with E-state index in [4.69, 9.17) is 4.98 Å². The summed E-state index contributed by atoms with van der Waals surface area (Å²) in [6, 6.07) is 52.1. The maximum atomic E-state index is 13.1. The van der Waals surface area contributed by atoms with Crippen molar-refractivity contribution in [1.82, 2.24) is 9.88 Å². The number of piperazine rings is 1. The zero-order valence-electron chi connectivity index (χ0n) is 30.0. The molecule has 2 aliphatic rings. The number of benzene rings is 6. The highest BCUT2D eigenvalue weighted by Crippen LogP contribution is 2.44. The SMILES string of the molecule is CN1CCC(O)(c2cc(Br)cc3cc(Cc4ccccc4)c(N4CCN(C(c5ccccc5)c5ccccc5)CC4)nc23)c2cccc3ccc1cc23. The lowest BCUT2D eigenvalue weighted by molar-refractivity contribution is 0.0759. The average Bonchev–Trinajstić information content (AvgIpc) is 3.20. The topological polar surface area (TPSA) is 42.8 Å². The predicted molar refractivity (Wildman–Crippen MR) is 222 cm³/mol. The number of pyridine rings is 1. The van der Waals surface area contributed by atoms with Crippen LogP contribution in [0.15, 0.2) is 150 Å². The number of hydrogen-bond acceptors (Lipinski definition) is 5. The van der Waals surface area contributed by atoms with Gasteiger partial charge < -0.3 is 14.9 Å². The van der Waals surface area contributed by atoms with Crippen molar-refractivity contribution < 1.29 is 5.11 Å². The van der Waals surface area contributed by atoms with E-state index in [-0.39, 0.29) is 6.04 Å². The molecular formula is C47H43BrN4O. The lowest BCUT2D eigenvalue weighted by Gasteiger charge is -2.41. The Kier molecular flexibility index (Phi) is 8.99. The Morgan fingerprint density at radius 2 is 1.36 bits per heavy atom. The smallest absolute Gasteiger partial charge is 0.132 e. The van der Waals surface area contributed by atoms with E-state index in [0.29, 0.717) is 13.0 Å². The summed E-state index contributed by atoms with van der Waals surface area (Å²) in [6.45, 7) is 4.21. The molecule has 9 rings (SSSR count). The highest BCUT2D eigenvalue weighted by molar-refractivity contribution is 9.10. The molecule has 7 aromatic rings. The molecule has 2 bridgehead atoms. The number of aromatic nitrogens is 1. The van der Waals surface area contributed by atoms with Crippen molar-refractivity contribution >= 4 is 49.1 Å². The normalized spacial score (nSPS) is 17.8. The van der Waals surface area contributed by atoms with Crippen molar-refractivity contribution in [2.75, 3.05) is 49.6 Å². The second kappa shape index (κ2) is 14.1. The summed E-state index contributed by atoms with van der Waals surface area (Å²) in [5, 5.41) is 16.4. The standard InChI is InChI=1S/C47H43BrN4O/c1-50-23-22-47(53,42-19-11-18-34-20-21-40(50)32-41(34)42)43-31-39(48)30-37-29-38(28-33-12-5-2-6-13-33)46(49-44(37)43)52-26-24-51(25-27-52)45(35-14-7-3-8-15-35)36-16-9-4-10-17-36/h2-21,29-32,45,53H,22-28H2,1H3. The van der Waals surface area contributed by atoms with Crippen LogP contribution in [0, 0.1) is 0 Å². The van der Waals surface area contributed by atoms with Crippen molar-refractivity contribution in [3.8, 4) is 0 Å². The fraction of sp³-hybridized carbons (Fsp3) is 0.213. The van der Waals surface area contributed by atoms with Crippen LogP contribution in [0.3, 0.4) is 0 Å². The number of aliphatic hydroxyl groups is 1. The van der Waals surface area contributed by atoms with E-state index in [1.807, 2.05) is 0 Å². The van der Waals surface area contributed by atoms with Crippen LogP contribution in [0.2, 0.25) is 0 Å². The summed E-state index contributed by atoms with van der Waals surface area (Å²) < 4.78 is 0.937. The number of hydrogen-bond donors (Lipinski definition) is 1. The molecule has 5 nitrogen and oxygen atoms in total. The van der Waals surface area contributed by atoms with Gasteiger partial charge in [0.25, 0.3) is 0 Å². The van der Waals surface area contributed by atoms with Crippen LogP contribution in [0.1, 0.15) is 45.8 Å². The van der Waals surface area contributed by atoms with Gasteiger partial charge >= 0.3 is 0 Å². The zero-order valence-corrected chi connectivity index (χ0v) is 31.6. The van der Waals surface area contributed by atoms with Crippen LogP contribution in [-0.2, 0) is 12.0 Å². The van der Waals surface area contributed by atoms with Gasteiger partial charge in [0.1, 0.15) is 11.4 Å². The van der Waals surface area contributed by atoms with Crippen LogP contribution in [-0.4, -0.2) is 54.8 Å². The fourth-order valence-corrected chi connectivity index (χ4v) is 9.10. The van der Waals surface area contributed by atoms with Gasteiger partial charge in [-0.2, -0.15) is 0 Å². The van der Waals surface area contributed by atoms with Gasteiger partial charge in [0.15, 0.2) is 0 Å². The molecule has 1 atom stereocenters. The third-order valence-corrected chi connectivity index (χ3v) is 11.9. The third-order valence-electron chi connectivity index (χ3n) is 11.4. The molecule has 0 aliphatic carbocycles. The highest BCUT2D eigenvalue weighted by Gasteiger charge is 2.37. The van der Waals surface area contributed by atoms with Crippen molar-refractivity contribution in [3.05, 3.63) is 183 Å². The molecule has 53 heavy (non-hydrogen) atoms. The minimum absolute atomic E-state index is 0.185. The first-order chi connectivity index (χ1) is 25.9. The van der Waals surface area contributed by atoms with Crippen LogP contribution in [0.4, 0.5) is 11.5 Å². The zero-order chi connectivity index (χ0) is 35.9. The van der Waals surface area contributed by atoms with Gasteiger partial charge in [0, 0.05) is 73.7 Å². The van der Waals surface area contributed by atoms with Crippen molar-refractivity contribution in [2.24, 2.45) is 0 Å². The summed E-state index contributed by atoms with van der Waals surface area (Å²) in [6.07, 6.45) is 1.32. The first-order valence-corrected chi connectivity index (χ1v) is 19.5. The van der Waals surface area contributed by atoms with Crippen LogP contribution in [0.5, 0.6) is 0 Å². The summed E-state index contributed by atoms with van der Waals surface area (Å²) in [5.41, 5.74) is 7.62. The van der Waals surface area contributed by atoms with Gasteiger partial charge in [0.2, 0.25) is 0 Å². The Labute approximate surface area is 320 Å². The van der Waals surface area contributed by atoms with E-state index >= 15 is 0 Å². The minimum Gasteiger partial charge on any atom is -0.380 e. The molecule has 264 valence electrons. The maximum Gasteiger partial charge on any atom is 0.132 e. The molecule has 0 saturated carbocycles. The number of nitrogens with zero attached hydrogens (tertiary/aromatic N) is 4. The van der Waals surface area contributed by atoms with E-state index in [1.165, 1.54) is 22.3 Å². The van der Waals surface area contributed by atoms with Gasteiger partial charge in [-0.25, -0.2) is 4.98 Å². The number of anilines is 2. The first kappa shape index (κ1) is 33.8. The summed E-state index contributed by atoms with van der Waals surface area (Å²) >= 11 is 3.85. The molecule has 6 heteroatoms. The Morgan fingerprint density at radius 1 is 0.679 bits per heavy atom. The summed E-state index contributed by atoms with van der Waals surface area (Å²) in [7, 11) is 2.11. The number of halogens is 1. The quantitative estimate of drug-likeness (QED) is 0.175. The second-order valence-corrected chi connectivity index (χ2v) is 15.6. The number of rotatable bonds is 7. The van der Waals surface area contributed by atoms with E-state index in [0.717, 1.165) is 81.4 Å². The molecule has 1 fully saturated rings. The Hall–Kier alpha value is -5.01. The van der Waals surface area contributed by atoms with Crippen LogP contribution in [0.25, 0.3) is 21.7 Å². The lowest BCUT2D eigenvalue weighted by Crippen LogP contribution is -2.48. The molecule has 6 aromatic carbocycles. The van der Waals surface area contributed by atoms with E-state index < -0.39 is 5.60 Å². The van der Waals surface area contributed by atoms with Crippen molar-refractivity contribution in [3.63, 3.8) is 0 Å². The molecular weight excluding hydrogens is 716 g/mol. The molecule has 1 N–H and O–H groups in total. The number of fused-ring (bicyclic) bond motifs is 2. The minimum atomic E-state index is -1.25. The van der Waals surface area contributed by atoms with Crippen molar-refractivity contribution in [2.45, 2.75) is 24.5 Å². The van der Waals surface area contributed by atoms with Gasteiger partial charge in [-0.05, 0) is 68.9 Å². The lowest BCUT2D eigenvalue weighted by atomic mass is 9.79. The second-order valence-electron chi connectivity index (χ2n) is 14.6.